The third-order valence-corrected chi connectivity index (χ3v) is 1.38. The Balaban J connectivity index is 2.75. The number of hydrogen-bond acceptors (Lipinski definition) is 1. The molecule has 1 heterocycles. The van der Waals surface area contributed by atoms with Crippen LogP contribution in [0.2, 0.25) is 5.15 Å². The predicted molar refractivity (Wildman–Crippen MR) is 38.9 cm³/mol. The van der Waals surface area contributed by atoms with Crippen LogP contribution in [-0.4, -0.2) is 11.7 Å². The summed E-state index contributed by atoms with van der Waals surface area (Å²) >= 11 is 5.55. The van der Waals surface area contributed by atoms with Crippen LogP contribution in [0.15, 0.2) is 18.3 Å². The number of halogens is 2. The molecule has 0 amide bonds. The molecule has 1 aromatic heterocycles. The van der Waals surface area contributed by atoms with Gasteiger partial charge < -0.3 is 0 Å². The number of aryl methyl sites for hydroxylation is 1. The van der Waals surface area contributed by atoms with E-state index >= 15 is 0 Å². The maximum absolute atomic E-state index is 11.7. The first-order valence-corrected chi connectivity index (χ1v) is 3.37. The van der Waals surface area contributed by atoms with Crippen molar-refractivity contribution < 1.29 is 4.39 Å². The van der Waals surface area contributed by atoms with Crippen molar-refractivity contribution in [1.82, 2.24) is 4.98 Å². The predicted octanol–water partition coefficient (Wildman–Crippen LogP) is 2.25. The highest BCUT2D eigenvalue weighted by atomic mass is 35.5. The van der Waals surface area contributed by atoms with Crippen molar-refractivity contribution in [2.24, 2.45) is 0 Å². The zero-order chi connectivity index (χ0) is 7.40. The van der Waals surface area contributed by atoms with Gasteiger partial charge in [0.1, 0.15) is 5.15 Å². The van der Waals surface area contributed by atoms with Crippen LogP contribution < -0.4 is 0 Å². The Morgan fingerprint density at radius 1 is 1.60 bits per heavy atom. The van der Waals surface area contributed by atoms with Gasteiger partial charge in [-0.05, 0) is 17.7 Å². The molecule has 1 aromatic rings. The van der Waals surface area contributed by atoms with E-state index in [1.165, 1.54) is 0 Å². The highest BCUT2D eigenvalue weighted by molar-refractivity contribution is 6.29. The molecule has 3 heteroatoms. The highest BCUT2D eigenvalue weighted by Crippen LogP contribution is 2.07. The van der Waals surface area contributed by atoms with Crippen molar-refractivity contribution in [3.8, 4) is 0 Å². The van der Waals surface area contributed by atoms with Gasteiger partial charge in [-0.25, -0.2) is 4.98 Å². The van der Waals surface area contributed by atoms with Crippen LogP contribution in [0.25, 0.3) is 0 Å². The third-order valence-electron chi connectivity index (χ3n) is 1.17. The first-order chi connectivity index (χ1) is 4.83. The molecule has 0 saturated heterocycles. The van der Waals surface area contributed by atoms with E-state index in [0.29, 0.717) is 11.6 Å². The largest absolute Gasteiger partial charge is 0.251 e. The second-order valence-electron chi connectivity index (χ2n) is 1.93. The SMILES string of the molecule is FCCc1ccnc(Cl)c1. The van der Waals surface area contributed by atoms with E-state index in [9.17, 15) is 4.39 Å². The van der Waals surface area contributed by atoms with E-state index in [4.69, 9.17) is 11.6 Å². The van der Waals surface area contributed by atoms with Crippen LogP contribution in [0, 0.1) is 0 Å². The lowest BCUT2D eigenvalue weighted by molar-refractivity contribution is 0.495. The molecule has 1 nitrogen and oxygen atoms in total. The average molecular weight is 160 g/mol. The zero-order valence-electron chi connectivity index (χ0n) is 5.35. The molecular formula is C7H7ClFN. The monoisotopic (exact) mass is 159 g/mol. The van der Waals surface area contributed by atoms with Gasteiger partial charge in [-0.2, -0.15) is 0 Å². The van der Waals surface area contributed by atoms with Gasteiger partial charge in [-0.15, -0.1) is 0 Å². The van der Waals surface area contributed by atoms with Crippen LogP contribution >= 0.6 is 11.6 Å². The molecule has 0 spiro atoms. The van der Waals surface area contributed by atoms with Crippen molar-refractivity contribution in [2.75, 3.05) is 6.67 Å². The van der Waals surface area contributed by atoms with E-state index in [0.717, 1.165) is 5.56 Å². The Kier molecular flexibility index (Phi) is 2.63. The van der Waals surface area contributed by atoms with Gasteiger partial charge in [0.15, 0.2) is 0 Å². The average Bonchev–Trinajstić information content (AvgIpc) is 1.88. The number of pyridine rings is 1. The fraction of sp³-hybridized carbons (Fsp3) is 0.286. The van der Waals surface area contributed by atoms with Crippen LogP contribution in [0.4, 0.5) is 4.39 Å². The van der Waals surface area contributed by atoms with Gasteiger partial charge in [-0.3, -0.25) is 4.39 Å². The number of aromatic nitrogens is 1. The van der Waals surface area contributed by atoms with Crippen molar-refractivity contribution in [2.45, 2.75) is 6.42 Å². The lowest BCUT2D eigenvalue weighted by atomic mass is 10.2. The van der Waals surface area contributed by atoms with Crippen LogP contribution in [0.3, 0.4) is 0 Å². The zero-order valence-corrected chi connectivity index (χ0v) is 6.11. The fourth-order valence-corrected chi connectivity index (χ4v) is 0.904. The van der Waals surface area contributed by atoms with Crippen molar-refractivity contribution in [3.05, 3.63) is 29.0 Å². The van der Waals surface area contributed by atoms with Crippen LogP contribution in [0.5, 0.6) is 0 Å². The van der Waals surface area contributed by atoms with E-state index in [1.54, 1.807) is 18.3 Å². The molecule has 0 aliphatic carbocycles. The Bertz CT molecular complexity index is 215. The van der Waals surface area contributed by atoms with Crippen LogP contribution in [0.1, 0.15) is 5.56 Å². The molecule has 10 heavy (non-hydrogen) atoms. The molecule has 0 N–H and O–H groups in total. The summed E-state index contributed by atoms with van der Waals surface area (Å²) in [5.41, 5.74) is 0.891. The summed E-state index contributed by atoms with van der Waals surface area (Å²) in [6.07, 6.45) is 2.00. The molecule has 0 saturated carbocycles. The molecule has 0 atom stereocenters. The minimum absolute atomic E-state index is 0.347. The Hall–Kier alpha value is -0.630. The van der Waals surface area contributed by atoms with Gasteiger partial charge in [-0.1, -0.05) is 11.6 Å². The van der Waals surface area contributed by atoms with Gasteiger partial charge in [0.25, 0.3) is 0 Å². The standard InChI is InChI=1S/C7H7ClFN/c8-7-5-6(1-3-9)2-4-10-7/h2,4-5H,1,3H2. The lowest BCUT2D eigenvalue weighted by Crippen LogP contribution is -1.86. The Morgan fingerprint density at radius 2 is 2.40 bits per heavy atom. The molecule has 1 rings (SSSR count). The third kappa shape index (κ3) is 1.95. The van der Waals surface area contributed by atoms with Crippen LogP contribution in [-0.2, 0) is 6.42 Å². The summed E-state index contributed by atoms with van der Waals surface area (Å²) in [6, 6.07) is 3.42. The molecule has 0 aromatic carbocycles. The van der Waals surface area contributed by atoms with E-state index in [-0.39, 0.29) is 6.67 Å². The Labute approximate surface area is 63.8 Å². The molecule has 0 fully saturated rings. The summed E-state index contributed by atoms with van der Waals surface area (Å²) in [5.74, 6) is 0. The molecule has 0 aliphatic heterocycles. The maximum atomic E-state index is 11.7. The molecule has 54 valence electrons. The molecule has 0 bridgehead atoms. The highest BCUT2D eigenvalue weighted by Gasteiger charge is 1.92. The van der Waals surface area contributed by atoms with Crippen molar-refractivity contribution >= 4 is 11.6 Å². The first-order valence-electron chi connectivity index (χ1n) is 2.99. The molecular weight excluding hydrogens is 153 g/mol. The summed E-state index contributed by atoms with van der Waals surface area (Å²) in [5, 5.41) is 0.422. The van der Waals surface area contributed by atoms with Crippen molar-refractivity contribution in [3.63, 3.8) is 0 Å². The number of hydrogen-bond donors (Lipinski definition) is 0. The maximum Gasteiger partial charge on any atom is 0.129 e. The molecule has 0 unspecified atom stereocenters. The number of alkyl halides is 1. The second-order valence-corrected chi connectivity index (χ2v) is 2.31. The molecule has 0 aliphatic rings. The van der Waals surface area contributed by atoms with Crippen molar-refractivity contribution in [1.29, 1.82) is 0 Å². The summed E-state index contributed by atoms with van der Waals surface area (Å²) in [6.45, 7) is -0.347. The second kappa shape index (κ2) is 3.52. The normalized spacial score (nSPS) is 9.80. The van der Waals surface area contributed by atoms with Gasteiger partial charge in [0.05, 0.1) is 6.67 Å². The fourth-order valence-electron chi connectivity index (χ4n) is 0.707. The Morgan fingerprint density at radius 3 is 3.00 bits per heavy atom. The lowest BCUT2D eigenvalue weighted by Gasteiger charge is -1.94. The summed E-state index contributed by atoms with van der Waals surface area (Å²) in [7, 11) is 0. The summed E-state index contributed by atoms with van der Waals surface area (Å²) < 4.78 is 11.7. The molecule has 0 radical (unpaired) electrons. The van der Waals surface area contributed by atoms with E-state index in [1.807, 2.05) is 0 Å². The van der Waals surface area contributed by atoms with Gasteiger partial charge in [0, 0.05) is 12.6 Å². The smallest absolute Gasteiger partial charge is 0.129 e. The van der Waals surface area contributed by atoms with E-state index < -0.39 is 0 Å². The quantitative estimate of drug-likeness (QED) is 0.604. The van der Waals surface area contributed by atoms with Gasteiger partial charge in [0.2, 0.25) is 0 Å². The first kappa shape index (κ1) is 7.48. The summed E-state index contributed by atoms with van der Waals surface area (Å²) in [4.78, 5) is 3.77. The minimum atomic E-state index is -0.347. The minimum Gasteiger partial charge on any atom is -0.251 e. The topological polar surface area (TPSA) is 12.9 Å². The number of nitrogens with zero attached hydrogens (tertiary/aromatic N) is 1. The van der Waals surface area contributed by atoms with E-state index in [2.05, 4.69) is 4.98 Å². The van der Waals surface area contributed by atoms with Gasteiger partial charge >= 0.3 is 0 Å². The number of rotatable bonds is 2.